The van der Waals surface area contributed by atoms with E-state index in [4.69, 9.17) is 10.5 Å². The lowest BCUT2D eigenvalue weighted by Gasteiger charge is -2.36. The van der Waals surface area contributed by atoms with Gasteiger partial charge in [-0.25, -0.2) is 4.31 Å². The molecule has 0 saturated carbocycles. The molecule has 43 heavy (non-hydrogen) atoms. The molecule has 2 fully saturated rings. The van der Waals surface area contributed by atoms with E-state index in [1.54, 1.807) is 23.7 Å². The van der Waals surface area contributed by atoms with Crippen molar-refractivity contribution < 1.29 is 9.53 Å². The molecule has 3 heterocycles. The Kier molecular flexibility index (Phi) is 9.43. The lowest BCUT2D eigenvalue weighted by molar-refractivity contribution is 0.0775. The molecule has 7 nitrogen and oxygen atoms in total. The Bertz CT molecular complexity index is 1400. The van der Waals surface area contributed by atoms with E-state index in [1.165, 1.54) is 0 Å². The number of hydrogen-bond acceptors (Lipinski definition) is 8. The predicted octanol–water partition coefficient (Wildman–Crippen LogP) is 6.11. The number of benzene rings is 3. The number of amides is 1. The number of nitrogens with zero attached hydrogens (tertiary/aromatic N) is 4. The smallest absolute Gasteiger partial charge is 0.256 e. The number of fused-ring (bicyclic) bond motifs is 2. The third kappa shape index (κ3) is 6.80. The molecule has 2 saturated heterocycles. The highest BCUT2D eigenvalue weighted by molar-refractivity contribution is 8.02. The minimum Gasteiger partial charge on any atom is -0.482 e. The third-order valence-electron chi connectivity index (χ3n) is 8.54. The summed E-state index contributed by atoms with van der Waals surface area (Å²) in [5, 5.41) is 1.10. The molecule has 1 atom stereocenters. The zero-order valence-electron chi connectivity index (χ0n) is 24.4. The Hall–Kier alpha value is -3.24. The molecule has 3 aliphatic heterocycles. The summed E-state index contributed by atoms with van der Waals surface area (Å²) < 4.78 is 8.40. The van der Waals surface area contributed by atoms with Crippen LogP contribution in [0, 0.1) is 0 Å². The Morgan fingerprint density at radius 2 is 1.67 bits per heavy atom. The van der Waals surface area contributed by atoms with Crippen LogP contribution >= 0.6 is 23.7 Å². The van der Waals surface area contributed by atoms with E-state index in [2.05, 4.69) is 69.3 Å². The molecule has 3 aromatic rings. The summed E-state index contributed by atoms with van der Waals surface area (Å²) in [4.78, 5) is 21.8. The normalized spacial score (nSPS) is 18.7. The second kappa shape index (κ2) is 13.6. The van der Waals surface area contributed by atoms with Gasteiger partial charge in [-0.3, -0.25) is 9.79 Å². The summed E-state index contributed by atoms with van der Waals surface area (Å²) in [7, 11) is 0. The van der Waals surface area contributed by atoms with E-state index >= 15 is 0 Å². The number of thioether (sulfide) groups is 1. The molecule has 0 bridgehead atoms. The van der Waals surface area contributed by atoms with Crippen LogP contribution in [0.1, 0.15) is 40.7 Å². The number of nitrogens with two attached hydrogens (primary N) is 1. The largest absolute Gasteiger partial charge is 0.482 e. The van der Waals surface area contributed by atoms with Gasteiger partial charge in [-0.15, -0.1) is 11.8 Å². The van der Waals surface area contributed by atoms with Gasteiger partial charge in [0, 0.05) is 50.8 Å². The number of ether oxygens (including phenoxy) is 1. The average molecular weight is 614 g/mol. The predicted molar refractivity (Wildman–Crippen MR) is 179 cm³/mol. The molecule has 224 valence electrons. The van der Waals surface area contributed by atoms with Gasteiger partial charge in [-0.1, -0.05) is 67.2 Å². The van der Waals surface area contributed by atoms with Gasteiger partial charge in [-0.2, -0.15) is 0 Å². The van der Waals surface area contributed by atoms with Crippen LogP contribution < -0.4 is 10.5 Å². The second-order valence-electron chi connectivity index (χ2n) is 11.2. The fraction of sp³-hybridized carbons (Fsp3) is 0.353. The van der Waals surface area contributed by atoms with Crippen molar-refractivity contribution in [2.24, 2.45) is 10.7 Å². The van der Waals surface area contributed by atoms with Crippen molar-refractivity contribution in [2.75, 3.05) is 44.4 Å². The zero-order chi connectivity index (χ0) is 29.6. The first-order valence-electron chi connectivity index (χ1n) is 15.0. The van der Waals surface area contributed by atoms with Gasteiger partial charge in [0.2, 0.25) is 0 Å². The second-order valence-corrected chi connectivity index (χ2v) is 13.3. The Morgan fingerprint density at radius 1 is 0.977 bits per heavy atom. The highest BCUT2D eigenvalue weighted by Crippen LogP contribution is 2.34. The van der Waals surface area contributed by atoms with Gasteiger partial charge < -0.3 is 20.3 Å². The maximum absolute atomic E-state index is 12.9. The standard InChI is InChI=1S/C34H39N5O2S2/c1-26(42-22-16-34(35,27-9-4-2-5-10-27)28-11-6-3-7-12-28)37-18-20-38(21-19-37)43-25-41-30-14-15-31-32(23-30)36-24-29-13-8-17-39(29)33(31)40/h2-7,9-12,14-15,23-24,29H,1,8,13,16-22,25,35H2. The molecular formula is C34H39N5O2S2. The van der Waals surface area contributed by atoms with Gasteiger partial charge >= 0.3 is 0 Å². The minimum absolute atomic E-state index is 0.0725. The van der Waals surface area contributed by atoms with Gasteiger partial charge in [0.15, 0.2) is 0 Å². The highest BCUT2D eigenvalue weighted by atomic mass is 32.2. The zero-order valence-corrected chi connectivity index (χ0v) is 26.1. The summed E-state index contributed by atoms with van der Waals surface area (Å²) in [6, 6.07) is 26.5. The van der Waals surface area contributed by atoms with Crippen LogP contribution in [0.2, 0.25) is 0 Å². The lowest BCUT2D eigenvalue weighted by atomic mass is 9.82. The molecule has 0 aliphatic carbocycles. The molecule has 1 unspecified atom stereocenters. The Morgan fingerprint density at radius 3 is 2.37 bits per heavy atom. The fourth-order valence-corrected chi connectivity index (χ4v) is 7.78. The Balaban J connectivity index is 0.949. The van der Waals surface area contributed by atoms with E-state index in [1.807, 2.05) is 41.4 Å². The van der Waals surface area contributed by atoms with E-state index in [-0.39, 0.29) is 11.9 Å². The van der Waals surface area contributed by atoms with E-state index in [0.29, 0.717) is 17.2 Å². The average Bonchev–Trinajstić information content (AvgIpc) is 3.48. The number of rotatable bonds is 11. The van der Waals surface area contributed by atoms with Crippen LogP contribution in [0.15, 0.2) is 95.5 Å². The molecule has 0 radical (unpaired) electrons. The van der Waals surface area contributed by atoms with Crippen LogP contribution in [0.25, 0.3) is 0 Å². The van der Waals surface area contributed by atoms with Crippen LogP contribution in [0.5, 0.6) is 5.75 Å². The summed E-state index contributed by atoms with van der Waals surface area (Å²) in [6.07, 6.45) is 4.76. The first-order chi connectivity index (χ1) is 21.0. The number of carbonyl (C=O) groups is 1. The summed E-state index contributed by atoms with van der Waals surface area (Å²) >= 11 is 3.49. The summed E-state index contributed by atoms with van der Waals surface area (Å²) in [6.45, 7) is 8.92. The van der Waals surface area contributed by atoms with Crippen molar-refractivity contribution in [1.29, 1.82) is 0 Å². The molecular weight excluding hydrogens is 575 g/mol. The Labute approximate surface area is 263 Å². The third-order valence-corrected chi connectivity index (χ3v) is 10.5. The monoisotopic (exact) mass is 613 g/mol. The SMILES string of the molecule is C=C(SCCC(N)(c1ccccc1)c1ccccc1)N1CCN(SCOc2ccc3c(c2)N=CC2CCCN2C3=O)CC1. The molecule has 0 spiro atoms. The number of aliphatic imine (C=N–C) groups is 1. The maximum Gasteiger partial charge on any atom is 0.256 e. The minimum atomic E-state index is -0.540. The van der Waals surface area contributed by atoms with Crippen molar-refractivity contribution in [1.82, 2.24) is 14.1 Å². The lowest BCUT2D eigenvalue weighted by Crippen LogP contribution is -2.42. The molecule has 3 aliphatic rings. The van der Waals surface area contributed by atoms with Crippen LogP contribution in [-0.4, -0.2) is 76.7 Å². The van der Waals surface area contributed by atoms with Gasteiger partial charge in [0.05, 0.1) is 27.9 Å². The molecule has 6 rings (SSSR count). The maximum atomic E-state index is 12.9. The number of hydrogen-bond donors (Lipinski definition) is 1. The van der Waals surface area contributed by atoms with Crippen molar-refractivity contribution in [3.63, 3.8) is 0 Å². The van der Waals surface area contributed by atoms with Crippen molar-refractivity contribution in [3.05, 3.63) is 107 Å². The van der Waals surface area contributed by atoms with Gasteiger partial charge in [-0.05, 0) is 54.5 Å². The van der Waals surface area contributed by atoms with E-state index < -0.39 is 5.54 Å². The van der Waals surface area contributed by atoms with Crippen LogP contribution in [-0.2, 0) is 5.54 Å². The number of piperazine rings is 1. The van der Waals surface area contributed by atoms with Crippen molar-refractivity contribution in [2.45, 2.75) is 30.8 Å². The molecule has 3 aromatic carbocycles. The van der Waals surface area contributed by atoms with Crippen molar-refractivity contribution in [3.8, 4) is 5.75 Å². The molecule has 1 amide bonds. The first kappa shape index (κ1) is 29.8. The molecule has 9 heteroatoms. The fourth-order valence-electron chi connectivity index (χ4n) is 5.99. The van der Waals surface area contributed by atoms with Gasteiger partial charge in [0.1, 0.15) is 11.7 Å². The topological polar surface area (TPSA) is 74.4 Å². The van der Waals surface area contributed by atoms with Gasteiger partial charge in [0.25, 0.3) is 5.91 Å². The highest BCUT2D eigenvalue weighted by Gasteiger charge is 2.32. The van der Waals surface area contributed by atoms with Crippen molar-refractivity contribution >= 4 is 41.5 Å². The molecule has 2 N–H and O–H groups in total. The molecule has 0 aromatic heterocycles. The number of carbonyl (C=O) groups excluding carboxylic acids is 1. The summed E-state index contributed by atoms with van der Waals surface area (Å²) in [5.74, 6) is 2.21. The quantitative estimate of drug-likeness (QED) is 0.207. The first-order valence-corrected chi connectivity index (χ1v) is 16.9. The van der Waals surface area contributed by atoms with E-state index in [0.717, 1.165) is 79.6 Å². The van der Waals surface area contributed by atoms with Crippen LogP contribution in [0.4, 0.5) is 5.69 Å². The van der Waals surface area contributed by atoms with E-state index in [9.17, 15) is 4.79 Å². The van der Waals surface area contributed by atoms with Crippen LogP contribution in [0.3, 0.4) is 0 Å². The summed E-state index contributed by atoms with van der Waals surface area (Å²) in [5.41, 5.74) is 10.2.